The van der Waals surface area contributed by atoms with Gasteiger partial charge < -0.3 is 9.53 Å². The highest BCUT2D eigenvalue weighted by atomic mass is 16.5. The number of rotatable bonds is 3. The summed E-state index contributed by atoms with van der Waals surface area (Å²) in [5.41, 5.74) is 2.12. The highest BCUT2D eigenvalue weighted by Crippen LogP contribution is 2.76. The summed E-state index contributed by atoms with van der Waals surface area (Å²) in [6, 6.07) is 0. The van der Waals surface area contributed by atoms with Crippen molar-refractivity contribution in [2.75, 3.05) is 0 Å². The maximum absolute atomic E-state index is 13.3. The molecular weight excluding hydrogens is 448 g/mol. The van der Waals surface area contributed by atoms with Gasteiger partial charge in [-0.25, -0.2) is 0 Å². The van der Waals surface area contributed by atoms with Crippen molar-refractivity contribution in [3.05, 3.63) is 11.1 Å². The van der Waals surface area contributed by atoms with Crippen LogP contribution >= 0.6 is 0 Å². The molecule has 200 valence electrons. The van der Waals surface area contributed by atoms with E-state index >= 15 is 0 Å². The van der Waals surface area contributed by atoms with Gasteiger partial charge in [0, 0.05) is 18.8 Å². The lowest BCUT2D eigenvalue weighted by molar-refractivity contribution is -0.232. The summed E-state index contributed by atoms with van der Waals surface area (Å²) in [5, 5.41) is 0. The Morgan fingerprint density at radius 1 is 0.917 bits per heavy atom. The molecule has 4 saturated carbocycles. The Kier molecular flexibility index (Phi) is 5.83. The van der Waals surface area contributed by atoms with E-state index < -0.39 is 5.41 Å². The second-order valence-corrected chi connectivity index (χ2v) is 14.9. The van der Waals surface area contributed by atoms with Crippen molar-refractivity contribution in [1.82, 2.24) is 0 Å². The van der Waals surface area contributed by atoms with Gasteiger partial charge in [0.25, 0.3) is 0 Å². The Balaban J connectivity index is 1.56. The molecule has 8 atom stereocenters. The van der Waals surface area contributed by atoms with Gasteiger partial charge >= 0.3 is 5.97 Å². The highest BCUT2D eigenvalue weighted by Gasteiger charge is 2.70. The lowest BCUT2D eigenvalue weighted by atomic mass is 9.33. The second-order valence-electron chi connectivity index (χ2n) is 14.9. The maximum atomic E-state index is 13.3. The topological polar surface area (TPSA) is 60.4 Å². The number of carbonyl (C=O) groups excluding carboxylic acids is 3. The fraction of sp³-hybridized carbons (Fsp3) is 0.844. The van der Waals surface area contributed by atoms with Crippen LogP contribution in [0.5, 0.6) is 0 Å². The van der Waals surface area contributed by atoms with Crippen LogP contribution in [0.25, 0.3) is 0 Å². The molecule has 0 heterocycles. The van der Waals surface area contributed by atoms with Crippen molar-refractivity contribution in [2.24, 2.45) is 50.7 Å². The summed E-state index contributed by atoms with van der Waals surface area (Å²) in [7, 11) is 0. The summed E-state index contributed by atoms with van der Waals surface area (Å²) >= 11 is 0. The summed E-state index contributed by atoms with van der Waals surface area (Å²) < 4.78 is 5.87. The van der Waals surface area contributed by atoms with Gasteiger partial charge in [0.15, 0.2) is 5.78 Å². The van der Waals surface area contributed by atoms with E-state index in [0.717, 1.165) is 56.8 Å². The van der Waals surface area contributed by atoms with E-state index in [1.54, 1.807) is 6.92 Å². The molecule has 0 N–H and O–H groups in total. The lowest BCUT2D eigenvalue weighted by Crippen LogP contribution is -2.65. The third-order valence-electron chi connectivity index (χ3n) is 13.0. The number of Topliss-reactive ketones (excluding diaryl/α,β-unsaturated/α-hetero) is 1. The normalized spacial score (nSPS) is 47.5. The predicted octanol–water partition coefficient (Wildman–Crippen LogP) is 7.10. The number of hydrogen-bond donors (Lipinski definition) is 0. The van der Waals surface area contributed by atoms with Crippen LogP contribution in [0.15, 0.2) is 11.1 Å². The summed E-state index contributed by atoms with van der Waals surface area (Å²) in [6.07, 6.45) is 10.0. The molecule has 0 spiro atoms. The van der Waals surface area contributed by atoms with Crippen LogP contribution in [0.2, 0.25) is 0 Å². The van der Waals surface area contributed by atoms with Crippen LogP contribution in [0, 0.1) is 50.7 Å². The van der Waals surface area contributed by atoms with Crippen molar-refractivity contribution < 1.29 is 19.1 Å². The average molecular weight is 497 g/mol. The molecule has 5 aliphatic carbocycles. The minimum absolute atomic E-state index is 0.00416. The average Bonchev–Trinajstić information content (AvgIpc) is 3.09. The van der Waals surface area contributed by atoms with Gasteiger partial charge in [-0.15, -0.1) is 0 Å². The number of hydrogen-bond acceptors (Lipinski definition) is 4. The smallest absolute Gasteiger partial charge is 0.302 e. The van der Waals surface area contributed by atoms with Crippen LogP contribution in [-0.2, 0) is 19.1 Å². The van der Waals surface area contributed by atoms with Crippen LogP contribution in [0.4, 0.5) is 0 Å². The Hall–Kier alpha value is -1.45. The Morgan fingerprint density at radius 3 is 2.22 bits per heavy atom. The van der Waals surface area contributed by atoms with E-state index in [1.165, 1.54) is 12.0 Å². The first kappa shape index (κ1) is 26.2. The zero-order valence-electron chi connectivity index (χ0n) is 24.0. The number of aldehydes is 1. The molecule has 8 unspecified atom stereocenters. The van der Waals surface area contributed by atoms with E-state index in [4.69, 9.17) is 4.74 Å². The zero-order chi connectivity index (χ0) is 26.5. The molecule has 0 aromatic carbocycles. The third-order valence-corrected chi connectivity index (χ3v) is 13.0. The maximum Gasteiger partial charge on any atom is 0.302 e. The summed E-state index contributed by atoms with van der Waals surface area (Å²) in [4.78, 5) is 37.7. The number of allylic oxidation sites excluding steroid dienone is 2. The van der Waals surface area contributed by atoms with Gasteiger partial charge in [0.05, 0.1) is 5.41 Å². The van der Waals surface area contributed by atoms with Crippen molar-refractivity contribution in [3.63, 3.8) is 0 Å². The quantitative estimate of drug-likeness (QED) is 0.309. The van der Waals surface area contributed by atoms with Crippen molar-refractivity contribution in [1.29, 1.82) is 0 Å². The van der Waals surface area contributed by atoms with Crippen LogP contribution in [0.1, 0.15) is 113 Å². The molecule has 0 bridgehead atoms. The van der Waals surface area contributed by atoms with Crippen LogP contribution in [0.3, 0.4) is 0 Å². The fourth-order valence-corrected chi connectivity index (χ4v) is 11.2. The molecule has 36 heavy (non-hydrogen) atoms. The Bertz CT molecular complexity index is 1020. The van der Waals surface area contributed by atoms with Crippen molar-refractivity contribution in [3.8, 4) is 0 Å². The first-order valence-electron chi connectivity index (χ1n) is 14.6. The van der Waals surface area contributed by atoms with E-state index in [2.05, 4.69) is 48.5 Å². The lowest BCUT2D eigenvalue weighted by Gasteiger charge is -2.72. The first-order valence-corrected chi connectivity index (χ1v) is 14.6. The van der Waals surface area contributed by atoms with E-state index in [0.29, 0.717) is 24.2 Å². The van der Waals surface area contributed by atoms with Crippen LogP contribution < -0.4 is 0 Å². The number of esters is 1. The number of carbonyl (C=O) groups is 3. The molecule has 0 radical (unpaired) electrons. The summed E-state index contributed by atoms with van der Waals surface area (Å²) in [6.45, 7) is 18.1. The van der Waals surface area contributed by atoms with Gasteiger partial charge in [0.1, 0.15) is 12.4 Å². The summed E-state index contributed by atoms with van der Waals surface area (Å²) in [5.74, 6) is 1.69. The second kappa shape index (κ2) is 8.03. The fourth-order valence-electron chi connectivity index (χ4n) is 11.2. The molecule has 4 nitrogen and oxygen atoms in total. The van der Waals surface area contributed by atoms with E-state index in [9.17, 15) is 14.4 Å². The molecule has 0 saturated heterocycles. The highest BCUT2D eigenvalue weighted by molar-refractivity contribution is 6.03. The molecule has 4 fully saturated rings. The van der Waals surface area contributed by atoms with Crippen LogP contribution in [-0.4, -0.2) is 24.1 Å². The standard InChI is InChI=1S/C32H48O4/c1-19(2)26-22(35)17-32(18-33)16-15-30(7)21(27(26)32)9-10-24-29(6)13-12-25(36-20(3)34)28(4,5)23(29)11-14-31(24,30)8/h18-19,21,23-25H,9-17H2,1-8H3. The molecule has 0 aromatic heterocycles. The van der Waals surface area contributed by atoms with E-state index in [-0.39, 0.29) is 45.4 Å². The molecule has 0 amide bonds. The zero-order valence-corrected chi connectivity index (χ0v) is 24.0. The van der Waals surface area contributed by atoms with Gasteiger partial charge in [-0.1, -0.05) is 48.5 Å². The number of ketones is 1. The third kappa shape index (κ3) is 3.14. The Morgan fingerprint density at radius 2 is 1.61 bits per heavy atom. The molecule has 5 aliphatic rings. The molecule has 0 aliphatic heterocycles. The first-order chi connectivity index (χ1) is 16.7. The molecule has 0 aromatic rings. The van der Waals surface area contributed by atoms with Gasteiger partial charge in [-0.3, -0.25) is 9.59 Å². The van der Waals surface area contributed by atoms with Gasteiger partial charge in [-0.2, -0.15) is 0 Å². The van der Waals surface area contributed by atoms with E-state index in [1.807, 2.05) is 0 Å². The number of fused-ring (bicyclic) bond motifs is 7. The van der Waals surface area contributed by atoms with Gasteiger partial charge in [-0.05, 0) is 102 Å². The van der Waals surface area contributed by atoms with Gasteiger partial charge in [0.2, 0.25) is 0 Å². The minimum Gasteiger partial charge on any atom is -0.462 e. The van der Waals surface area contributed by atoms with Crippen molar-refractivity contribution in [2.45, 2.75) is 119 Å². The largest absolute Gasteiger partial charge is 0.462 e. The minimum atomic E-state index is -0.546. The monoisotopic (exact) mass is 496 g/mol. The molecular formula is C32H48O4. The molecule has 4 heteroatoms. The molecule has 5 rings (SSSR count). The SMILES string of the molecule is CC(=O)OC1CCC2(C)C(CCC3(C)C2CCC2C4=C(C(C)C)C(=O)CC4(C=O)CCC23C)C1(C)C. The Labute approximate surface area is 218 Å². The number of ether oxygens (including phenoxy) is 1. The predicted molar refractivity (Wildman–Crippen MR) is 141 cm³/mol. The van der Waals surface area contributed by atoms with Crippen molar-refractivity contribution >= 4 is 18.0 Å².